The number of benzene rings is 4. The second kappa shape index (κ2) is 13.0. The molecule has 1 N–H and O–H groups in total. The fraction of sp³-hybridized carbons (Fsp3) is 0.206. The highest BCUT2D eigenvalue weighted by atomic mass is 16.5. The summed E-state index contributed by atoms with van der Waals surface area (Å²) in [7, 11) is 1.71. The van der Waals surface area contributed by atoms with Crippen LogP contribution in [0.3, 0.4) is 0 Å². The molecule has 0 saturated heterocycles. The average molecular weight is 536 g/mol. The smallest absolute Gasteiger partial charge is 0.333 e. The van der Waals surface area contributed by atoms with Gasteiger partial charge in [0.25, 0.3) is 0 Å². The molecule has 5 rings (SSSR count). The summed E-state index contributed by atoms with van der Waals surface area (Å²) < 4.78 is 17.5. The van der Waals surface area contributed by atoms with Gasteiger partial charge in [0, 0.05) is 29.8 Å². The van der Waals surface area contributed by atoms with E-state index in [0.29, 0.717) is 6.61 Å². The van der Waals surface area contributed by atoms with Crippen molar-refractivity contribution in [2.75, 3.05) is 25.2 Å². The van der Waals surface area contributed by atoms with E-state index in [9.17, 15) is 9.90 Å². The number of fused-ring (bicyclic) bond motifs is 2. The van der Waals surface area contributed by atoms with Crippen molar-refractivity contribution in [2.24, 2.45) is 0 Å². The Hall–Kier alpha value is -4.55. The highest BCUT2D eigenvalue weighted by Gasteiger charge is 2.22. The highest BCUT2D eigenvalue weighted by Crippen LogP contribution is 2.39. The lowest BCUT2D eigenvalue weighted by Gasteiger charge is -2.27. The summed E-state index contributed by atoms with van der Waals surface area (Å²) in [5.74, 6) is 0.624. The first-order valence-electron chi connectivity index (χ1n) is 13.4. The van der Waals surface area contributed by atoms with E-state index in [2.05, 4.69) is 41.3 Å². The summed E-state index contributed by atoms with van der Waals surface area (Å²) in [6.45, 7) is 1.58. The number of nitrogens with zero attached hydrogens (tertiary/aromatic N) is 1. The molecule has 1 unspecified atom stereocenters. The van der Waals surface area contributed by atoms with Crippen molar-refractivity contribution in [3.05, 3.63) is 125 Å². The zero-order valence-corrected chi connectivity index (χ0v) is 22.5. The van der Waals surface area contributed by atoms with Crippen molar-refractivity contribution in [1.82, 2.24) is 0 Å². The van der Waals surface area contributed by atoms with Gasteiger partial charge in [-0.05, 0) is 54.0 Å². The summed E-state index contributed by atoms with van der Waals surface area (Å²) in [5, 5.41) is 9.62. The lowest BCUT2D eigenvalue weighted by Crippen LogP contribution is -2.26. The van der Waals surface area contributed by atoms with Gasteiger partial charge in [-0.3, -0.25) is 0 Å². The number of anilines is 2. The van der Waals surface area contributed by atoms with E-state index in [-0.39, 0.29) is 13.0 Å². The molecule has 4 aromatic carbocycles. The van der Waals surface area contributed by atoms with Crippen LogP contribution in [-0.2, 0) is 27.3 Å². The van der Waals surface area contributed by atoms with E-state index in [1.54, 1.807) is 7.11 Å². The van der Waals surface area contributed by atoms with Crippen LogP contribution in [0.5, 0.6) is 5.75 Å². The number of rotatable bonds is 12. The van der Waals surface area contributed by atoms with Crippen LogP contribution in [0.4, 0.5) is 11.4 Å². The van der Waals surface area contributed by atoms with E-state index in [0.717, 1.165) is 58.1 Å². The minimum atomic E-state index is -0.972. The summed E-state index contributed by atoms with van der Waals surface area (Å²) >= 11 is 0. The van der Waals surface area contributed by atoms with Gasteiger partial charge in [0.1, 0.15) is 11.5 Å². The third-order valence-corrected chi connectivity index (χ3v) is 6.90. The molecular formula is C34H33NO5. The number of carbonyl (C=O) groups is 1. The first kappa shape index (κ1) is 27.0. The number of hydrogen-bond donors (Lipinski definition) is 1. The SMILES string of the molecule is COC1=Cc2ccccc2N(CCCOc2ccc(CC(OCc3ccccc3)C(=O)O)cc2)c2ccccc21. The van der Waals surface area contributed by atoms with Crippen molar-refractivity contribution in [2.45, 2.75) is 25.6 Å². The molecule has 4 aromatic rings. The molecule has 0 bridgehead atoms. The Balaban J connectivity index is 1.17. The molecule has 1 aliphatic rings. The lowest BCUT2D eigenvalue weighted by atomic mass is 10.1. The van der Waals surface area contributed by atoms with Gasteiger partial charge < -0.3 is 24.2 Å². The Morgan fingerprint density at radius 3 is 2.27 bits per heavy atom. The second-order valence-electron chi connectivity index (χ2n) is 9.61. The third-order valence-electron chi connectivity index (χ3n) is 6.90. The average Bonchev–Trinajstić information content (AvgIpc) is 3.13. The molecule has 0 aliphatic carbocycles. The minimum absolute atomic E-state index is 0.258. The van der Waals surface area contributed by atoms with Crippen LogP contribution in [0.2, 0.25) is 0 Å². The van der Waals surface area contributed by atoms with Crippen LogP contribution in [-0.4, -0.2) is 37.4 Å². The first-order valence-corrected chi connectivity index (χ1v) is 13.4. The molecule has 1 heterocycles. The van der Waals surface area contributed by atoms with Gasteiger partial charge in [0.15, 0.2) is 6.10 Å². The van der Waals surface area contributed by atoms with Crippen molar-refractivity contribution < 1.29 is 24.1 Å². The summed E-state index contributed by atoms with van der Waals surface area (Å²) in [4.78, 5) is 14.1. The normalized spacial score (nSPS) is 12.9. The number of para-hydroxylation sites is 2. The first-order chi connectivity index (χ1) is 19.6. The Morgan fingerprint density at radius 2 is 1.52 bits per heavy atom. The molecular weight excluding hydrogens is 502 g/mol. The van der Waals surface area contributed by atoms with Gasteiger partial charge in [0.2, 0.25) is 0 Å². The number of carboxylic acids is 1. The molecule has 0 saturated carbocycles. The van der Waals surface area contributed by atoms with Crippen LogP contribution in [0, 0.1) is 0 Å². The predicted octanol–water partition coefficient (Wildman–Crippen LogP) is 6.96. The number of hydrogen-bond acceptors (Lipinski definition) is 5. The van der Waals surface area contributed by atoms with Gasteiger partial charge in [-0.2, -0.15) is 0 Å². The fourth-order valence-corrected chi connectivity index (χ4v) is 4.87. The molecule has 40 heavy (non-hydrogen) atoms. The summed E-state index contributed by atoms with van der Waals surface area (Å²) in [6.07, 6.45) is 2.27. The maximum Gasteiger partial charge on any atom is 0.333 e. The van der Waals surface area contributed by atoms with E-state index >= 15 is 0 Å². The van der Waals surface area contributed by atoms with Gasteiger partial charge >= 0.3 is 5.97 Å². The largest absolute Gasteiger partial charge is 0.496 e. The Labute approximate surface area is 235 Å². The van der Waals surface area contributed by atoms with Crippen LogP contribution in [0.25, 0.3) is 11.8 Å². The molecule has 1 aliphatic heterocycles. The number of methoxy groups -OCH3 is 1. The fourth-order valence-electron chi connectivity index (χ4n) is 4.87. The van der Waals surface area contributed by atoms with Gasteiger partial charge in [-0.15, -0.1) is 0 Å². The van der Waals surface area contributed by atoms with E-state index in [1.165, 1.54) is 0 Å². The summed E-state index contributed by atoms with van der Waals surface area (Å²) in [6, 6.07) is 33.8. The zero-order chi connectivity index (χ0) is 27.7. The van der Waals surface area contributed by atoms with Crippen molar-refractivity contribution >= 4 is 29.2 Å². The maximum absolute atomic E-state index is 11.7. The van der Waals surface area contributed by atoms with E-state index in [1.807, 2.05) is 72.8 Å². The lowest BCUT2D eigenvalue weighted by molar-refractivity contribution is -0.151. The third kappa shape index (κ3) is 6.53. The number of carboxylic acid groups (broad SMARTS) is 1. The van der Waals surface area contributed by atoms with Crippen LogP contribution in [0.15, 0.2) is 103 Å². The monoisotopic (exact) mass is 535 g/mol. The van der Waals surface area contributed by atoms with Crippen LogP contribution >= 0.6 is 0 Å². The van der Waals surface area contributed by atoms with Gasteiger partial charge in [-0.25, -0.2) is 4.79 Å². The molecule has 0 fully saturated rings. The molecule has 0 amide bonds. The maximum atomic E-state index is 11.7. The summed E-state index contributed by atoms with van der Waals surface area (Å²) in [5.41, 5.74) is 6.23. The Bertz CT molecular complexity index is 1450. The second-order valence-corrected chi connectivity index (χ2v) is 9.61. The van der Waals surface area contributed by atoms with E-state index in [4.69, 9.17) is 14.2 Å². The molecule has 0 aromatic heterocycles. The molecule has 0 spiro atoms. The molecule has 204 valence electrons. The number of ether oxygens (including phenoxy) is 3. The van der Waals surface area contributed by atoms with Crippen LogP contribution in [0.1, 0.15) is 28.7 Å². The van der Waals surface area contributed by atoms with Crippen molar-refractivity contribution in [1.29, 1.82) is 0 Å². The molecule has 6 nitrogen and oxygen atoms in total. The van der Waals surface area contributed by atoms with Crippen LogP contribution < -0.4 is 9.64 Å². The quantitative estimate of drug-likeness (QED) is 0.198. The Kier molecular flexibility index (Phi) is 8.79. The topological polar surface area (TPSA) is 68.2 Å². The highest BCUT2D eigenvalue weighted by molar-refractivity contribution is 5.92. The molecule has 0 radical (unpaired) electrons. The van der Waals surface area contributed by atoms with E-state index < -0.39 is 12.1 Å². The molecule has 1 atom stereocenters. The Morgan fingerprint density at radius 1 is 0.825 bits per heavy atom. The predicted molar refractivity (Wildman–Crippen MR) is 158 cm³/mol. The minimum Gasteiger partial charge on any atom is -0.496 e. The standard InChI is InChI=1S/C34H33NO5/c1-38-32-23-27-12-5-7-14-30(27)35(31-15-8-6-13-29(31)32)20-9-21-39-28-18-16-25(17-19-28)22-33(34(36)37)40-24-26-10-3-2-4-11-26/h2-8,10-19,23,33H,9,20-22,24H2,1H3,(H,36,37). The van der Waals surface area contributed by atoms with Crippen molar-refractivity contribution in [3.8, 4) is 5.75 Å². The number of aliphatic carboxylic acids is 1. The zero-order valence-electron chi connectivity index (χ0n) is 22.5. The van der Waals surface area contributed by atoms with Gasteiger partial charge in [-0.1, -0.05) is 72.8 Å². The van der Waals surface area contributed by atoms with Gasteiger partial charge in [0.05, 0.1) is 26.0 Å². The molecule has 6 heteroatoms. The van der Waals surface area contributed by atoms with Crippen molar-refractivity contribution in [3.63, 3.8) is 0 Å².